The van der Waals surface area contributed by atoms with Crippen molar-refractivity contribution >= 4 is 21.9 Å². The predicted octanol–water partition coefficient (Wildman–Crippen LogP) is 3.47. The highest BCUT2D eigenvalue weighted by Crippen LogP contribution is 2.27. The zero-order valence-electron chi connectivity index (χ0n) is 8.55. The van der Waals surface area contributed by atoms with E-state index in [1.807, 2.05) is 6.92 Å². The van der Waals surface area contributed by atoms with E-state index in [4.69, 9.17) is 5.11 Å². The number of aliphatic carboxylic acids is 1. The van der Waals surface area contributed by atoms with Gasteiger partial charge in [0.2, 0.25) is 0 Å². The number of rotatable bonds is 3. The van der Waals surface area contributed by atoms with Gasteiger partial charge >= 0.3 is 5.97 Å². The lowest BCUT2D eigenvalue weighted by atomic mass is 9.96. The van der Waals surface area contributed by atoms with Gasteiger partial charge in [-0.2, -0.15) is 0 Å². The molecule has 2 nitrogen and oxygen atoms in total. The molecule has 0 radical (unpaired) electrons. The van der Waals surface area contributed by atoms with Crippen molar-refractivity contribution in [2.45, 2.75) is 26.2 Å². The Morgan fingerprint density at radius 1 is 1.60 bits per heavy atom. The average molecular weight is 275 g/mol. The first-order valence-corrected chi connectivity index (χ1v) is 5.38. The lowest BCUT2D eigenvalue weighted by Crippen LogP contribution is -2.03. The van der Waals surface area contributed by atoms with Crippen molar-refractivity contribution in [3.05, 3.63) is 33.5 Å². The highest BCUT2D eigenvalue weighted by Gasteiger charge is 2.13. The van der Waals surface area contributed by atoms with Crippen LogP contribution in [0.4, 0.5) is 4.39 Å². The standard InChI is InChI=1S/C11H12BrFO2/c1-6(4-10(14)15)8-3-7(2)11(13)9(12)5-8/h3,5-6H,4H2,1-2H3,(H,14,15). The molecule has 0 aliphatic heterocycles. The number of benzene rings is 1. The highest BCUT2D eigenvalue weighted by molar-refractivity contribution is 9.10. The van der Waals surface area contributed by atoms with Crippen LogP contribution in [-0.2, 0) is 4.79 Å². The Kier molecular flexibility index (Phi) is 3.85. The van der Waals surface area contributed by atoms with Gasteiger partial charge < -0.3 is 5.11 Å². The van der Waals surface area contributed by atoms with Gasteiger partial charge in [-0.3, -0.25) is 4.79 Å². The summed E-state index contributed by atoms with van der Waals surface area (Å²) in [6.45, 7) is 3.48. The minimum Gasteiger partial charge on any atom is -0.481 e. The number of carboxylic acid groups (broad SMARTS) is 1. The summed E-state index contributed by atoms with van der Waals surface area (Å²) in [7, 11) is 0. The van der Waals surface area contributed by atoms with E-state index in [0.29, 0.717) is 10.0 Å². The zero-order valence-corrected chi connectivity index (χ0v) is 10.1. The SMILES string of the molecule is Cc1cc(C(C)CC(=O)O)cc(Br)c1F. The van der Waals surface area contributed by atoms with Crippen LogP contribution < -0.4 is 0 Å². The lowest BCUT2D eigenvalue weighted by molar-refractivity contribution is -0.137. The summed E-state index contributed by atoms with van der Waals surface area (Å²) < 4.78 is 13.7. The topological polar surface area (TPSA) is 37.3 Å². The van der Waals surface area contributed by atoms with E-state index in [0.717, 1.165) is 5.56 Å². The van der Waals surface area contributed by atoms with Crippen molar-refractivity contribution < 1.29 is 14.3 Å². The van der Waals surface area contributed by atoms with Gasteiger partial charge in [-0.1, -0.05) is 13.0 Å². The van der Waals surface area contributed by atoms with Crippen LogP contribution in [0.5, 0.6) is 0 Å². The van der Waals surface area contributed by atoms with Gasteiger partial charge in [0, 0.05) is 0 Å². The molecule has 1 aromatic rings. The molecule has 0 saturated carbocycles. The maximum atomic E-state index is 13.3. The summed E-state index contributed by atoms with van der Waals surface area (Å²) in [5.41, 5.74) is 1.36. The van der Waals surface area contributed by atoms with Gasteiger partial charge in [-0.25, -0.2) is 4.39 Å². The molecular weight excluding hydrogens is 263 g/mol. The van der Waals surface area contributed by atoms with Crippen molar-refractivity contribution in [3.63, 3.8) is 0 Å². The van der Waals surface area contributed by atoms with E-state index < -0.39 is 5.97 Å². The molecule has 0 aliphatic rings. The van der Waals surface area contributed by atoms with E-state index in [2.05, 4.69) is 15.9 Å². The van der Waals surface area contributed by atoms with Crippen LogP contribution in [-0.4, -0.2) is 11.1 Å². The van der Waals surface area contributed by atoms with Crippen molar-refractivity contribution in [3.8, 4) is 0 Å². The van der Waals surface area contributed by atoms with Crippen molar-refractivity contribution in [2.75, 3.05) is 0 Å². The molecule has 1 N–H and O–H groups in total. The number of aryl methyl sites for hydroxylation is 1. The maximum Gasteiger partial charge on any atom is 0.303 e. The van der Waals surface area contributed by atoms with Crippen LogP contribution in [0.25, 0.3) is 0 Å². The first-order valence-electron chi connectivity index (χ1n) is 4.59. The minimum atomic E-state index is -0.847. The fraction of sp³-hybridized carbons (Fsp3) is 0.364. The smallest absolute Gasteiger partial charge is 0.303 e. The number of carboxylic acids is 1. The predicted molar refractivity (Wildman–Crippen MR) is 59.5 cm³/mol. The Morgan fingerprint density at radius 3 is 2.67 bits per heavy atom. The Bertz CT molecular complexity index is 367. The van der Waals surface area contributed by atoms with Crippen molar-refractivity contribution in [2.24, 2.45) is 0 Å². The van der Waals surface area contributed by atoms with Gasteiger partial charge in [0.05, 0.1) is 10.9 Å². The molecule has 15 heavy (non-hydrogen) atoms. The van der Waals surface area contributed by atoms with Crippen molar-refractivity contribution in [1.82, 2.24) is 0 Å². The second kappa shape index (κ2) is 4.75. The average Bonchev–Trinajstić information content (AvgIpc) is 2.12. The summed E-state index contributed by atoms with van der Waals surface area (Å²) in [5.74, 6) is -1.25. The molecule has 1 atom stereocenters. The zero-order chi connectivity index (χ0) is 11.6. The maximum absolute atomic E-state index is 13.3. The fourth-order valence-electron chi connectivity index (χ4n) is 1.42. The number of hydrogen-bond acceptors (Lipinski definition) is 1. The number of hydrogen-bond donors (Lipinski definition) is 1. The summed E-state index contributed by atoms with van der Waals surface area (Å²) in [4.78, 5) is 10.5. The molecule has 0 saturated heterocycles. The van der Waals surface area contributed by atoms with Crippen LogP contribution in [0.2, 0.25) is 0 Å². The quantitative estimate of drug-likeness (QED) is 0.917. The molecule has 0 aliphatic carbocycles. The van der Waals surface area contributed by atoms with E-state index in [1.165, 1.54) is 0 Å². The summed E-state index contributed by atoms with van der Waals surface area (Å²) >= 11 is 3.11. The lowest BCUT2D eigenvalue weighted by Gasteiger charge is -2.11. The second-order valence-electron chi connectivity index (χ2n) is 3.63. The van der Waals surface area contributed by atoms with Gasteiger partial charge in [0.15, 0.2) is 0 Å². The number of halogens is 2. The first-order chi connectivity index (χ1) is 6.91. The minimum absolute atomic E-state index is 0.0531. The molecule has 0 bridgehead atoms. The van der Waals surface area contributed by atoms with Crippen LogP contribution in [0.1, 0.15) is 30.4 Å². The fourth-order valence-corrected chi connectivity index (χ4v) is 1.99. The van der Waals surface area contributed by atoms with Crippen LogP contribution in [0.3, 0.4) is 0 Å². The van der Waals surface area contributed by atoms with E-state index in [1.54, 1.807) is 19.1 Å². The molecule has 0 amide bonds. The molecular formula is C11H12BrFO2. The van der Waals surface area contributed by atoms with Crippen LogP contribution >= 0.6 is 15.9 Å². The molecule has 1 rings (SSSR count). The van der Waals surface area contributed by atoms with Crippen molar-refractivity contribution in [1.29, 1.82) is 0 Å². The summed E-state index contributed by atoms with van der Waals surface area (Å²) in [5, 5.41) is 8.65. The largest absolute Gasteiger partial charge is 0.481 e. The third-order valence-electron chi connectivity index (χ3n) is 2.28. The van der Waals surface area contributed by atoms with Crippen LogP contribution in [0.15, 0.2) is 16.6 Å². The van der Waals surface area contributed by atoms with Crippen LogP contribution in [0, 0.1) is 12.7 Å². The molecule has 1 aromatic carbocycles. The van der Waals surface area contributed by atoms with E-state index >= 15 is 0 Å². The van der Waals surface area contributed by atoms with Gasteiger partial charge in [-0.05, 0) is 46.0 Å². The van der Waals surface area contributed by atoms with E-state index in [9.17, 15) is 9.18 Å². The molecule has 1 unspecified atom stereocenters. The highest BCUT2D eigenvalue weighted by atomic mass is 79.9. The third kappa shape index (κ3) is 3.02. The monoisotopic (exact) mass is 274 g/mol. The molecule has 0 aromatic heterocycles. The first kappa shape index (κ1) is 12.2. The van der Waals surface area contributed by atoms with E-state index in [-0.39, 0.29) is 18.2 Å². The third-order valence-corrected chi connectivity index (χ3v) is 2.86. The summed E-state index contributed by atoms with van der Waals surface area (Å²) in [6, 6.07) is 3.32. The second-order valence-corrected chi connectivity index (χ2v) is 4.49. The Hall–Kier alpha value is -0.900. The van der Waals surface area contributed by atoms with Gasteiger partial charge in [0.25, 0.3) is 0 Å². The van der Waals surface area contributed by atoms with Gasteiger partial charge in [-0.15, -0.1) is 0 Å². The Balaban J connectivity index is 3.00. The molecule has 0 spiro atoms. The molecule has 4 heteroatoms. The molecule has 0 fully saturated rings. The van der Waals surface area contributed by atoms with Gasteiger partial charge in [0.1, 0.15) is 5.82 Å². The Labute approximate surface area is 96.2 Å². The Morgan fingerprint density at radius 2 is 2.20 bits per heavy atom. The number of carbonyl (C=O) groups is 1. The molecule has 82 valence electrons. The normalized spacial score (nSPS) is 12.5. The molecule has 0 heterocycles. The summed E-state index contributed by atoms with van der Waals surface area (Å²) in [6.07, 6.45) is 0.0531.